The van der Waals surface area contributed by atoms with E-state index in [-0.39, 0.29) is 5.91 Å². The maximum atomic E-state index is 13.1. The lowest BCUT2D eigenvalue weighted by atomic mass is 9.85. The number of benzene rings is 2. The van der Waals surface area contributed by atoms with Crippen LogP contribution in [0.25, 0.3) is 0 Å². The molecule has 5 heteroatoms. The number of amides is 1. The quantitative estimate of drug-likeness (QED) is 0.898. The topological polar surface area (TPSA) is 58.6 Å². The Labute approximate surface area is 146 Å². The van der Waals surface area contributed by atoms with Gasteiger partial charge in [0, 0.05) is 11.1 Å². The van der Waals surface area contributed by atoms with Crippen molar-refractivity contribution in [1.82, 2.24) is 5.32 Å². The summed E-state index contributed by atoms with van der Waals surface area (Å²) in [7, 11) is 0. The number of carbonyl (C=O) groups excluding carboxylic acids is 1. The molecular formula is C20H22FNO3. The van der Waals surface area contributed by atoms with E-state index in [1.54, 1.807) is 13.8 Å². The van der Waals surface area contributed by atoms with Crippen LogP contribution in [0.3, 0.4) is 0 Å². The van der Waals surface area contributed by atoms with Crippen molar-refractivity contribution in [2.45, 2.75) is 44.9 Å². The third kappa shape index (κ3) is 3.37. The van der Waals surface area contributed by atoms with Gasteiger partial charge in [0.1, 0.15) is 23.3 Å². The fourth-order valence-corrected chi connectivity index (χ4v) is 3.05. The summed E-state index contributed by atoms with van der Waals surface area (Å²) in [5.41, 5.74) is 1.34. The zero-order chi connectivity index (χ0) is 18.2. The predicted octanol–water partition coefficient (Wildman–Crippen LogP) is 3.39. The van der Waals surface area contributed by atoms with E-state index in [1.165, 1.54) is 24.3 Å². The summed E-state index contributed by atoms with van der Waals surface area (Å²) >= 11 is 0. The molecule has 2 N–H and O–H groups in total. The second kappa shape index (κ2) is 6.48. The first-order valence-corrected chi connectivity index (χ1v) is 8.38. The first-order valence-electron chi connectivity index (χ1n) is 8.38. The third-order valence-electron chi connectivity index (χ3n) is 4.61. The molecule has 1 amide bonds. The Hall–Kier alpha value is -2.40. The van der Waals surface area contributed by atoms with Crippen molar-refractivity contribution in [2.75, 3.05) is 0 Å². The number of halogens is 1. The maximum absolute atomic E-state index is 13.1. The molecule has 1 heterocycles. The molecule has 0 radical (unpaired) electrons. The average molecular weight is 343 g/mol. The number of rotatable bonds is 3. The monoisotopic (exact) mass is 343 g/mol. The van der Waals surface area contributed by atoms with Gasteiger partial charge >= 0.3 is 0 Å². The van der Waals surface area contributed by atoms with Crippen molar-refractivity contribution >= 4 is 5.91 Å². The Kier molecular flexibility index (Phi) is 4.52. The summed E-state index contributed by atoms with van der Waals surface area (Å²) in [6.07, 6.45) is -0.0812. The smallest absolute Gasteiger partial charge is 0.251 e. The number of aryl methyl sites for hydroxylation is 1. The SMILES string of the molecule is CCc1ccc2c(c1)[C@@H](NC(=O)c1ccc(F)cc1)[C@H](O)C(C)(C)O2. The highest BCUT2D eigenvalue weighted by Crippen LogP contribution is 2.40. The van der Waals surface area contributed by atoms with E-state index in [0.717, 1.165) is 17.5 Å². The normalized spacial score (nSPS) is 21.2. The molecule has 0 fully saturated rings. The van der Waals surface area contributed by atoms with Gasteiger partial charge in [-0.05, 0) is 62.2 Å². The highest BCUT2D eigenvalue weighted by Gasteiger charge is 2.43. The molecule has 4 nitrogen and oxygen atoms in total. The van der Waals surface area contributed by atoms with Crippen LogP contribution in [0.15, 0.2) is 42.5 Å². The molecule has 1 aliphatic rings. The van der Waals surface area contributed by atoms with Gasteiger partial charge in [-0.25, -0.2) is 4.39 Å². The summed E-state index contributed by atoms with van der Waals surface area (Å²) in [6, 6.07) is 10.5. The molecule has 2 aromatic rings. The van der Waals surface area contributed by atoms with Crippen LogP contribution in [0, 0.1) is 5.82 Å². The van der Waals surface area contributed by atoms with Crippen molar-refractivity contribution in [3.05, 3.63) is 65.0 Å². The van der Waals surface area contributed by atoms with Crippen LogP contribution in [0.5, 0.6) is 5.75 Å². The standard InChI is InChI=1S/C20H22FNO3/c1-4-12-5-10-16-15(11-12)17(18(23)20(2,3)25-16)22-19(24)13-6-8-14(21)9-7-13/h5-11,17-18,23H,4H2,1-3H3,(H,22,24)/t17-,18+/m1/s1. The molecule has 2 atom stereocenters. The molecule has 0 aromatic heterocycles. The van der Waals surface area contributed by atoms with E-state index in [1.807, 2.05) is 25.1 Å². The van der Waals surface area contributed by atoms with Gasteiger partial charge in [-0.1, -0.05) is 13.0 Å². The van der Waals surface area contributed by atoms with Gasteiger partial charge in [0.05, 0.1) is 6.04 Å². The number of fused-ring (bicyclic) bond motifs is 1. The summed E-state index contributed by atoms with van der Waals surface area (Å²) in [4.78, 5) is 12.6. The molecule has 0 unspecified atom stereocenters. The molecule has 3 rings (SSSR count). The van der Waals surface area contributed by atoms with Gasteiger partial charge in [0.15, 0.2) is 0 Å². The summed E-state index contributed by atoms with van der Waals surface area (Å²) in [6.45, 7) is 5.61. The van der Waals surface area contributed by atoms with Crippen LogP contribution in [-0.4, -0.2) is 22.7 Å². The van der Waals surface area contributed by atoms with Crippen LogP contribution >= 0.6 is 0 Å². The summed E-state index contributed by atoms with van der Waals surface area (Å²) in [5.74, 6) is -0.117. The van der Waals surface area contributed by atoms with Crippen molar-refractivity contribution < 1.29 is 19.0 Å². The molecule has 0 saturated carbocycles. The first-order chi connectivity index (χ1) is 11.8. The molecular weight excluding hydrogens is 321 g/mol. The first kappa shape index (κ1) is 17.4. The fourth-order valence-electron chi connectivity index (χ4n) is 3.05. The van der Waals surface area contributed by atoms with E-state index >= 15 is 0 Å². The van der Waals surface area contributed by atoms with Crippen molar-refractivity contribution in [3.8, 4) is 5.75 Å². The molecule has 2 aromatic carbocycles. The summed E-state index contributed by atoms with van der Waals surface area (Å²) in [5, 5.41) is 13.6. The molecule has 25 heavy (non-hydrogen) atoms. The van der Waals surface area contributed by atoms with Gasteiger partial charge in [-0.3, -0.25) is 4.79 Å². The van der Waals surface area contributed by atoms with Crippen LogP contribution in [0.1, 0.15) is 48.3 Å². The zero-order valence-corrected chi connectivity index (χ0v) is 14.5. The Morgan fingerprint density at radius 3 is 2.56 bits per heavy atom. The second-order valence-electron chi connectivity index (χ2n) is 6.83. The molecule has 0 spiro atoms. The molecule has 0 bridgehead atoms. The lowest BCUT2D eigenvalue weighted by Crippen LogP contribution is -2.53. The van der Waals surface area contributed by atoms with Gasteiger partial charge in [0.25, 0.3) is 5.91 Å². The van der Waals surface area contributed by atoms with Gasteiger partial charge < -0.3 is 15.2 Å². The molecule has 0 saturated heterocycles. The lowest BCUT2D eigenvalue weighted by Gasteiger charge is -2.42. The Morgan fingerprint density at radius 2 is 1.92 bits per heavy atom. The Bertz CT molecular complexity index is 786. The molecule has 1 aliphatic heterocycles. The minimum absolute atomic E-state index is 0.339. The van der Waals surface area contributed by atoms with Crippen LogP contribution < -0.4 is 10.1 Å². The van der Waals surface area contributed by atoms with E-state index in [9.17, 15) is 14.3 Å². The number of carbonyl (C=O) groups is 1. The number of hydrogen-bond acceptors (Lipinski definition) is 3. The zero-order valence-electron chi connectivity index (χ0n) is 14.5. The molecule has 0 aliphatic carbocycles. The summed E-state index contributed by atoms with van der Waals surface area (Å²) < 4.78 is 19.0. The second-order valence-corrected chi connectivity index (χ2v) is 6.83. The highest BCUT2D eigenvalue weighted by molar-refractivity contribution is 5.94. The van der Waals surface area contributed by atoms with Gasteiger partial charge in [-0.2, -0.15) is 0 Å². The number of hydrogen-bond donors (Lipinski definition) is 2. The van der Waals surface area contributed by atoms with E-state index in [4.69, 9.17) is 4.74 Å². The third-order valence-corrected chi connectivity index (χ3v) is 4.61. The fraction of sp³-hybridized carbons (Fsp3) is 0.350. The number of nitrogens with one attached hydrogen (secondary N) is 1. The van der Waals surface area contributed by atoms with E-state index in [2.05, 4.69) is 5.32 Å². The van der Waals surface area contributed by atoms with E-state index in [0.29, 0.717) is 11.3 Å². The number of aliphatic hydroxyl groups is 1. The van der Waals surface area contributed by atoms with Crippen molar-refractivity contribution in [1.29, 1.82) is 0 Å². The van der Waals surface area contributed by atoms with Gasteiger partial charge in [0.2, 0.25) is 0 Å². The average Bonchev–Trinajstić information content (AvgIpc) is 2.59. The van der Waals surface area contributed by atoms with Gasteiger partial charge in [-0.15, -0.1) is 0 Å². The van der Waals surface area contributed by atoms with Crippen LogP contribution in [0.2, 0.25) is 0 Å². The lowest BCUT2D eigenvalue weighted by molar-refractivity contribution is -0.0628. The predicted molar refractivity (Wildman–Crippen MR) is 93.1 cm³/mol. The Balaban J connectivity index is 1.95. The number of aliphatic hydroxyl groups excluding tert-OH is 1. The van der Waals surface area contributed by atoms with Crippen LogP contribution in [0.4, 0.5) is 4.39 Å². The highest BCUT2D eigenvalue weighted by atomic mass is 19.1. The maximum Gasteiger partial charge on any atom is 0.251 e. The van der Waals surface area contributed by atoms with Crippen molar-refractivity contribution in [3.63, 3.8) is 0 Å². The van der Waals surface area contributed by atoms with Crippen molar-refractivity contribution in [2.24, 2.45) is 0 Å². The molecule has 132 valence electrons. The number of ether oxygens (including phenoxy) is 1. The van der Waals surface area contributed by atoms with Crippen LogP contribution in [-0.2, 0) is 6.42 Å². The minimum Gasteiger partial charge on any atom is -0.485 e. The largest absolute Gasteiger partial charge is 0.485 e. The minimum atomic E-state index is -0.920. The van der Waals surface area contributed by atoms with E-state index < -0.39 is 23.6 Å². The Morgan fingerprint density at radius 1 is 1.24 bits per heavy atom.